The van der Waals surface area contributed by atoms with Gasteiger partial charge in [-0.25, -0.2) is 0 Å². The Bertz CT molecular complexity index is 447. The average molecular weight is 291 g/mol. The largest absolute Gasteiger partial charge is 0.378 e. The summed E-state index contributed by atoms with van der Waals surface area (Å²) in [5.74, 6) is 0. The van der Waals surface area contributed by atoms with Crippen LogP contribution in [0.4, 0.5) is 17.1 Å². The van der Waals surface area contributed by atoms with Crippen molar-refractivity contribution < 1.29 is 14.3 Å². The smallest absolute Gasteiger partial charge is 0.211 e. The van der Waals surface area contributed by atoms with Crippen LogP contribution in [-0.4, -0.2) is 59.0 Å². The van der Waals surface area contributed by atoms with Crippen LogP contribution in [0.1, 0.15) is 0 Å². The Morgan fingerprint density at radius 3 is 1.76 bits per heavy atom. The Morgan fingerprint density at radius 1 is 0.857 bits per heavy atom. The molecule has 2 fully saturated rings. The Labute approximate surface area is 124 Å². The Kier molecular flexibility index (Phi) is 4.57. The predicted molar refractivity (Wildman–Crippen MR) is 82.2 cm³/mol. The lowest BCUT2D eigenvalue weighted by Gasteiger charge is -2.33. The number of nitrogens with zero attached hydrogens (tertiary/aromatic N) is 2. The Balaban J connectivity index is 1.86. The zero-order chi connectivity index (χ0) is 14.5. The number of hydrogen-bond acceptors (Lipinski definition) is 5. The van der Waals surface area contributed by atoms with Crippen LogP contribution in [-0.2, 0) is 14.3 Å². The maximum absolute atomic E-state index is 10.8. The highest BCUT2D eigenvalue weighted by molar-refractivity contribution is 5.77. The van der Waals surface area contributed by atoms with E-state index in [9.17, 15) is 4.79 Å². The third-order valence-electron chi connectivity index (χ3n) is 3.88. The molecule has 2 saturated heterocycles. The highest BCUT2D eigenvalue weighted by Gasteiger charge is 2.16. The SMILES string of the molecule is O=CNc1cc(N2CCOCC2)cc(N2CCOCC2)c1. The number of carbonyl (C=O) groups is 1. The van der Waals surface area contributed by atoms with Crippen molar-refractivity contribution in [2.45, 2.75) is 0 Å². The molecule has 114 valence electrons. The maximum Gasteiger partial charge on any atom is 0.211 e. The fourth-order valence-corrected chi connectivity index (χ4v) is 2.75. The Morgan fingerprint density at radius 2 is 1.33 bits per heavy atom. The van der Waals surface area contributed by atoms with E-state index in [1.54, 1.807) is 0 Å². The van der Waals surface area contributed by atoms with E-state index < -0.39 is 0 Å². The first-order valence-corrected chi connectivity index (χ1v) is 7.37. The van der Waals surface area contributed by atoms with Gasteiger partial charge in [0.1, 0.15) is 0 Å². The molecule has 0 aromatic heterocycles. The Hall–Kier alpha value is -1.79. The first kappa shape index (κ1) is 14.2. The van der Waals surface area contributed by atoms with Gasteiger partial charge in [-0.15, -0.1) is 0 Å². The van der Waals surface area contributed by atoms with Crippen LogP contribution in [0.5, 0.6) is 0 Å². The van der Waals surface area contributed by atoms with Crippen LogP contribution in [0.3, 0.4) is 0 Å². The molecule has 3 rings (SSSR count). The molecule has 0 atom stereocenters. The second kappa shape index (κ2) is 6.78. The zero-order valence-corrected chi connectivity index (χ0v) is 12.1. The molecular weight excluding hydrogens is 270 g/mol. The lowest BCUT2D eigenvalue weighted by atomic mass is 10.2. The fraction of sp³-hybridized carbons (Fsp3) is 0.533. The standard InChI is InChI=1S/C15H21N3O3/c19-12-16-13-9-14(17-1-5-20-6-2-17)11-15(10-13)18-3-7-21-8-4-18/h9-12H,1-8H2,(H,16,19). The summed E-state index contributed by atoms with van der Waals surface area (Å²) >= 11 is 0. The van der Waals surface area contributed by atoms with E-state index in [0.717, 1.165) is 76.1 Å². The summed E-state index contributed by atoms with van der Waals surface area (Å²) in [4.78, 5) is 15.4. The molecule has 0 saturated carbocycles. The van der Waals surface area contributed by atoms with Crippen molar-refractivity contribution >= 4 is 23.5 Å². The number of morpholine rings is 2. The van der Waals surface area contributed by atoms with E-state index in [1.807, 2.05) is 12.1 Å². The minimum Gasteiger partial charge on any atom is -0.378 e. The minimum absolute atomic E-state index is 0.724. The zero-order valence-electron chi connectivity index (χ0n) is 12.1. The van der Waals surface area contributed by atoms with Crippen molar-refractivity contribution in [1.29, 1.82) is 0 Å². The van der Waals surface area contributed by atoms with Gasteiger partial charge >= 0.3 is 0 Å². The van der Waals surface area contributed by atoms with E-state index in [0.29, 0.717) is 0 Å². The van der Waals surface area contributed by atoms with Gasteiger partial charge in [0.25, 0.3) is 0 Å². The number of anilines is 3. The van der Waals surface area contributed by atoms with Crippen LogP contribution < -0.4 is 15.1 Å². The highest BCUT2D eigenvalue weighted by Crippen LogP contribution is 2.29. The molecule has 0 bridgehead atoms. The van der Waals surface area contributed by atoms with Gasteiger partial charge in [0.15, 0.2) is 0 Å². The first-order valence-electron chi connectivity index (χ1n) is 7.37. The molecule has 0 aliphatic carbocycles. The third-order valence-corrected chi connectivity index (χ3v) is 3.88. The summed E-state index contributed by atoms with van der Waals surface area (Å²) in [6, 6.07) is 6.22. The molecule has 1 aromatic rings. The van der Waals surface area contributed by atoms with Gasteiger partial charge in [-0.1, -0.05) is 0 Å². The lowest BCUT2D eigenvalue weighted by Crippen LogP contribution is -2.38. The molecule has 2 heterocycles. The van der Waals surface area contributed by atoms with Crippen molar-refractivity contribution in [3.8, 4) is 0 Å². The first-order chi connectivity index (χ1) is 10.4. The summed E-state index contributed by atoms with van der Waals surface area (Å²) in [6.07, 6.45) is 0.724. The summed E-state index contributed by atoms with van der Waals surface area (Å²) in [6.45, 7) is 6.52. The van der Waals surface area contributed by atoms with Crippen molar-refractivity contribution in [3.63, 3.8) is 0 Å². The summed E-state index contributed by atoms with van der Waals surface area (Å²) in [5.41, 5.74) is 3.09. The molecule has 6 heteroatoms. The molecule has 6 nitrogen and oxygen atoms in total. The number of ether oxygens (including phenoxy) is 2. The summed E-state index contributed by atoms with van der Waals surface area (Å²) in [5, 5.41) is 2.77. The van der Waals surface area contributed by atoms with Crippen molar-refractivity contribution in [1.82, 2.24) is 0 Å². The van der Waals surface area contributed by atoms with E-state index in [2.05, 4.69) is 21.2 Å². The van der Waals surface area contributed by atoms with Gasteiger partial charge in [-0.2, -0.15) is 0 Å². The van der Waals surface area contributed by atoms with Gasteiger partial charge in [0, 0.05) is 43.2 Å². The molecule has 0 unspecified atom stereocenters. The maximum atomic E-state index is 10.8. The number of hydrogen-bond donors (Lipinski definition) is 1. The second-order valence-electron chi connectivity index (χ2n) is 5.20. The highest BCUT2D eigenvalue weighted by atomic mass is 16.5. The molecule has 2 aliphatic heterocycles. The van der Waals surface area contributed by atoms with Crippen molar-refractivity contribution in [2.24, 2.45) is 0 Å². The molecule has 0 spiro atoms. The normalized spacial score (nSPS) is 19.4. The number of nitrogens with one attached hydrogen (secondary N) is 1. The number of amides is 1. The van der Waals surface area contributed by atoms with Crippen molar-refractivity contribution in [3.05, 3.63) is 18.2 Å². The molecule has 1 amide bonds. The third kappa shape index (κ3) is 3.46. The molecule has 0 radical (unpaired) electrons. The average Bonchev–Trinajstić information content (AvgIpc) is 2.56. The molecule has 1 aromatic carbocycles. The predicted octanol–water partition coefficient (Wildman–Crippen LogP) is 0.928. The minimum atomic E-state index is 0.724. The molecule has 1 N–H and O–H groups in total. The van der Waals surface area contributed by atoms with Crippen LogP contribution in [0.15, 0.2) is 18.2 Å². The molecular formula is C15H21N3O3. The number of rotatable bonds is 4. The summed E-state index contributed by atoms with van der Waals surface area (Å²) < 4.78 is 10.8. The van der Waals surface area contributed by atoms with Crippen LogP contribution in [0.25, 0.3) is 0 Å². The number of carbonyl (C=O) groups excluding carboxylic acids is 1. The van der Waals surface area contributed by atoms with Gasteiger partial charge in [-0.3, -0.25) is 4.79 Å². The number of benzene rings is 1. The second-order valence-corrected chi connectivity index (χ2v) is 5.20. The lowest BCUT2D eigenvalue weighted by molar-refractivity contribution is -0.105. The van der Waals surface area contributed by atoms with Crippen LogP contribution >= 0.6 is 0 Å². The van der Waals surface area contributed by atoms with Gasteiger partial charge in [-0.05, 0) is 18.2 Å². The topological polar surface area (TPSA) is 54.0 Å². The van der Waals surface area contributed by atoms with E-state index in [-0.39, 0.29) is 0 Å². The fourth-order valence-electron chi connectivity index (χ4n) is 2.75. The summed E-state index contributed by atoms with van der Waals surface area (Å²) in [7, 11) is 0. The van der Waals surface area contributed by atoms with Gasteiger partial charge < -0.3 is 24.6 Å². The van der Waals surface area contributed by atoms with E-state index >= 15 is 0 Å². The van der Waals surface area contributed by atoms with Gasteiger partial charge in [0.2, 0.25) is 6.41 Å². The van der Waals surface area contributed by atoms with Gasteiger partial charge in [0.05, 0.1) is 26.4 Å². The van der Waals surface area contributed by atoms with Crippen molar-refractivity contribution in [2.75, 3.05) is 67.7 Å². The van der Waals surface area contributed by atoms with Crippen LogP contribution in [0.2, 0.25) is 0 Å². The van der Waals surface area contributed by atoms with Crippen LogP contribution in [0, 0.1) is 0 Å². The van der Waals surface area contributed by atoms with E-state index in [4.69, 9.17) is 9.47 Å². The molecule has 2 aliphatic rings. The monoisotopic (exact) mass is 291 g/mol. The quantitative estimate of drug-likeness (QED) is 0.836. The van der Waals surface area contributed by atoms with E-state index in [1.165, 1.54) is 0 Å². The molecule has 21 heavy (non-hydrogen) atoms.